The minimum atomic E-state index is -0.273. The van der Waals surface area contributed by atoms with Gasteiger partial charge >= 0.3 is 0 Å². The van der Waals surface area contributed by atoms with E-state index in [1.165, 1.54) is 12.1 Å². The van der Waals surface area contributed by atoms with Crippen LogP contribution in [0.4, 0.5) is 10.2 Å². The van der Waals surface area contributed by atoms with Crippen LogP contribution in [0.2, 0.25) is 0 Å². The minimum absolute atomic E-state index is 0.258. The van der Waals surface area contributed by atoms with Gasteiger partial charge in [-0.15, -0.1) is 0 Å². The van der Waals surface area contributed by atoms with Gasteiger partial charge in [0.25, 0.3) is 0 Å². The number of nitrogens with zero attached hydrogens (tertiary/aromatic N) is 2. The van der Waals surface area contributed by atoms with Crippen molar-refractivity contribution in [2.45, 2.75) is 13.0 Å². The maximum atomic E-state index is 13.0. The highest BCUT2D eigenvalue weighted by molar-refractivity contribution is 5.92. The second kappa shape index (κ2) is 8.80. The number of methoxy groups -OCH3 is 1. The van der Waals surface area contributed by atoms with Crippen LogP contribution in [0, 0.1) is 5.82 Å². The van der Waals surface area contributed by atoms with Crippen LogP contribution in [-0.2, 0) is 13.0 Å². The Morgan fingerprint density at radius 1 is 1.07 bits per heavy atom. The highest BCUT2D eigenvalue weighted by atomic mass is 19.1. The van der Waals surface area contributed by atoms with Gasteiger partial charge in [0.05, 0.1) is 13.7 Å². The van der Waals surface area contributed by atoms with Gasteiger partial charge in [0.1, 0.15) is 17.4 Å². The molecular weight excluding hydrogens is 343 g/mol. The number of ether oxygens (including phenoxy) is 1. The summed E-state index contributed by atoms with van der Waals surface area (Å²) in [4.78, 5) is 8.66. The van der Waals surface area contributed by atoms with Gasteiger partial charge in [0.15, 0.2) is 5.96 Å². The van der Waals surface area contributed by atoms with Gasteiger partial charge in [-0.1, -0.05) is 30.3 Å². The number of halogens is 1. The molecule has 5 nitrogen and oxygen atoms in total. The maximum absolute atomic E-state index is 13.0. The molecule has 0 aliphatic rings. The van der Waals surface area contributed by atoms with Crippen molar-refractivity contribution < 1.29 is 9.13 Å². The fourth-order valence-electron chi connectivity index (χ4n) is 2.58. The third kappa shape index (κ3) is 5.28. The molecule has 0 saturated carbocycles. The Kier molecular flexibility index (Phi) is 5.99. The summed E-state index contributed by atoms with van der Waals surface area (Å²) in [6, 6.07) is 17.9. The standard InChI is InChI=1S/C21H21FN4O/c1-27-19-10-6-15(7-11-19)13-17-3-2-12-24-20(17)26-21(23)25-14-16-4-8-18(22)9-5-16/h2-12H,13-14H2,1H3,(H3,23,24,25,26). The second-order valence-electron chi connectivity index (χ2n) is 5.99. The van der Waals surface area contributed by atoms with E-state index in [0.29, 0.717) is 18.8 Å². The number of nitrogens with one attached hydrogen (secondary N) is 1. The predicted octanol–water partition coefficient (Wildman–Crippen LogP) is 3.75. The summed E-state index contributed by atoms with van der Waals surface area (Å²) in [6.07, 6.45) is 2.40. The van der Waals surface area contributed by atoms with Crippen LogP contribution in [0.3, 0.4) is 0 Å². The van der Waals surface area contributed by atoms with E-state index >= 15 is 0 Å². The molecule has 3 rings (SSSR count). The fourth-order valence-corrected chi connectivity index (χ4v) is 2.58. The summed E-state index contributed by atoms with van der Waals surface area (Å²) in [7, 11) is 1.65. The molecule has 6 heteroatoms. The molecule has 1 aromatic heterocycles. The van der Waals surface area contributed by atoms with E-state index in [0.717, 1.165) is 22.4 Å². The van der Waals surface area contributed by atoms with Gasteiger partial charge in [-0.25, -0.2) is 14.4 Å². The molecule has 0 radical (unpaired) electrons. The first-order valence-electron chi connectivity index (χ1n) is 8.52. The van der Waals surface area contributed by atoms with Crippen molar-refractivity contribution in [2.24, 2.45) is 10.7 Å². The highest BCUT2D eigenvalue weighted by Gasteiger charge is 2.06. The van der Waals surface area contributed by atoms with Gasteiger partial charge in [-0.05, 0) is 47.0 Å². The molecule has 0 aliphatic heterocycles. The molecule has 0 amide bonds. The lowest BCUT2D eigenvalue weighted by Crippen LogP contribution is -2.24. The smallest absolute Gasteiger partial charge is 0.194 e. The van der Waals surface area contributed by atoms with Crippen molar-refractivity contribution in [3.8, 4) is 5.75 Å². The number of aliphatic imine (C=N–C) groups is 1. The van der Waals surface area contributed by atoms with Crippen LogP contribution in [-0.4, -0.2) is 18.1 Å². The van der Waals surface area contributed by atoms with Crippen LogP contribution in [0.25, 0.3) is 0 Å². The summed E-state index contributed by atoms with van der Waals surface area (Å²) in [5, 5.41) is 3.05. The van der Waals surface area contributed by atoms with Crippen molar-refractivity contribution in [1.82, 2.24) is 4.98 Å². The normalized spacial score (nSPS) is 11.3. The van der Waals surface area contributed by atoms with E-state index in [9.17, 15) is 4.39 Å². The molecule has 0 aliphatic carbocycles. The van der Waals surface area contributed by atoms with Gasteiger partial charge in [0.2, 0.25) is 0 Å². The van der Waals surface area contributed by atoms with Crippen LogP contribution in [0.15, 0.2) is 71.9 Å². The van der Waals surface area contributed by atoms with Gasteiger partial charge in [-0.2, -0.15) is 0 Å². The molecule has 0 bridgehead atoms. The van der Waals surface area contributed by atoms with E-state index in [4.69, 9.17) is 10.5 Å². The van der Waals surface area contributed by atoms with Gasteiger partial charge in [0, 0.05) is 12.6 Å². The summed E-state index contributed by atoms with van der Waals surface area (Å²) in [5.74, 6) is 1.47. The third-order valence-corrected chi connectivity index (χ3v) is 4.04. The molecule has 2 aromatic carbocycles. The lowest BCUT2D eigenvalue weighted by molar-refractivity contribution is 0.414. The van der Waals surface area contributed by atoms with Crippen LogP contribution >= 0.6 is 0 Å². The number of benzene rings is 2. The summed E-state index contributed by atoms with van der Waals surface area (Å²) in [6.45, 7) is 0.361. The number of aromatic nitrogens is 1. The number of anilines is 1. The molecule has 0 unspecified atom stereocenters. The summed E-state index contributed by atoms with van der Waals surface area (Å²) in [5.41, 5.74) is 9.00. The zero-order chi connectivity index (χ0) is 19.1. The first-order chi connectivity index (χ1) is 13.1. The number of hydrogen-bond donors (Lipinski definition) is 2. The summed E-state index contributed by atoms with van der Waals surface area (Å²) >= 11 is 0. The van der Waals surface area contributed by atoms with Crippen molar-refractivity contribution in [3.05, 3.63) is 89.4 Å². The number of hydrogen-bond acceptors (Lipinski definition) is 3. The zero-order valence-corrected chi connectivity index (χ0v) is 15.0. The molecule has 0 spiro atoms. The SMILES string of the molecule is COc1ccc(Cc2cccnc2NC(N)=NCc2ccc(F)cc2)cc1. The van der Waals surface area contributed by atoms with Crippen molar-refractivity contribution in [2.75, 3.05) is 12.4 Å². The Bertz CT molecular complexity index is 908. The van der Waals surface area contributed by atoms with Crippen molar-refractivity contribution in [3.63, 3.8) is 0 Å². The monoisotopic (exact) mass is 364 g/mol. The quantitative estimate of drug-likeness (QED) is 0.516. The number of pyridine rings is 1. The Hall–Kier alpha value is -3.41. The second-order valence-corrected chi connectivity index (χ2v) is 5.99. The number of guanidine groups is 1. The molecule has 3 aromatic rings. The molecule has 138 valence electrons. The average Bonchev–Trinajstić information content (AvgIpc) is 2.70. The Morgan fingerprint density at radius 2 is 1.78 bits per heavy atom. The van der Waals surface area contributed by atoms with Gasteiger partial charge in [-0.3, -0.25) is 0 Å². The van der Waals surface area contributed by atoms with Crippen molar-refractivity contribution >= 4 is 11.8 Å². The van der Waals surface area contributed by atoms with E-state index < -0.39 is 0 Å². The van der Waals surface area contributed by atoms with Crippen LogP contribution in [0.5, 0.6) is 5.75 Å². The number of rotatable bonds is 6. The molecular formula is C21H21FN4O. The average molecular weight is 364 g/mol. The lowest BCUT2D eigenvalue weighted by atomic mass is 10.1. The first-order valence-corrected chi connectivity index (χ1v) is 8.52. The van der Waals surface area contributed by atoms with E-state index in [-0.39, 0.29) is 11.8 Å². The molecule has 0 atom stereocenters. The Morgan fingerprint density at radius 3 is 2.48 bits per heavy atom. The zero-order valence-electron chi connectivity index (χ0n) is 15.0. The molecule has 27 heavy (non-hydrogen) atoms. The van der Waals surface area contributed by atoms with Gasteiger partial charge < -0.3 is 15.8 Å². The van der Waals surface area contributed by atoms with E-state index in [1.54, 1.807) is 25.4 Å². The summed E-state index contributed by atoms with van der Waals surface area (Å²) < 4.78 is 18.1. The number of nitrogens with two attached hydrogens (primary N) is 1. The topological polar surface area (TPSA) is 72.5 Å². The van der Waals surface area contributed by atoms with E-state index in [2.05, 4.69) is 15.3 Å². The Labute approximate surface area is 157 Å². The lowest BCUT2D eigenvalue weighted by Gasteiger charge is -2.11. The third-order valence-electron chi connectivity index (χ3n) is 4.04. The van der Waals surface area contributed by atoms with Crippen LogP contribution in [0.1, 0.15) is 16.7 Å². The molecule has 0 saturated heterocycles. The fraction of sp³-hybridized carbons (Fsp3) is 0.143. The van der Waals surface area contributed by atoms with E-state index in [1.807, 2.05) is 36.4 Å². The molecule has 1 heterocycles. The highest BCUT2D eigenvalue weighted by Crippen LogP contribution is 2.19. The molecule has 0 fully saturated rings. The molecule has 3 N–H and O–H groups in total. The predicted molar refractivity (Wildman–Crippen MR) is 105 cm³/mol. The Balaban J connectivity index is 1.69. The van der Waals surface area contributed by atoms with Crippen LogP contribution < -0.4 is 15.8 Å². The minimum Gasteiger partial charge on any atom is -0.497 e. The largest absolute Gasteiger partial charge is 0.497 e. The first kappa shape index (κ1) is 18.4. The van der Waals surface area contributed by atoms with Crippen molar-refractivity contribution in [1.29, 1.82) is 0 Å². The maximum Gasteiger partial charge on any atom is 0.194 e.